The minimum atomic E-state index is 0.259. The third-order valence-electron chi connectivity index (χ3n) is 4.07. The van der Waals surface area contributed by atoms with Crippen LogP contribution in [0.2, 0.25) is 0 Å². The van der Waals surface area contributed by atoms with Crippen LogP contribution in [0.25, 0.3) is 0 Å². The number of ether oxygens (including phenoxy) is 1. The molecule has 3 nitrogen and oxygen atoms in total. The van der Waals surface area contributed by atoms with Crippen molar-refractivity contribution >= 4 is 5.91 Å². The van der Waals surface area contributed by atoms with Gasteiger partial charge in [0.2, 0.25) is 5.91 Å². The summed E-state index contributed by atoms with van der Waals surface area (Å²) >= 11 is 0. The van der Waals surface area contributed by atoms with E-state index in [4.69, 9.17) is 4.74 Å². The maximum absolute atomic E-state index is 12.3. The summed E-state index contributed by atoms with van der Waals surface area (Å²) in [4.78, 5) is 14.4. The van der Waals surface area contributed by atoms with Gasteiger partial charge in [0.1, 0.15) is 5.75 Å². The maximum Gasteiger partial charge on any atom is 0.223 e. The first-order chi connectivity index (χ1) is 9.76. The smallest absolute Gasteiger partial charge is 0.223 e. The van der Waals surface area contributed by atoms with Crippen molar-refractivity contribution in [2.45, 2.75) is 51.5 Å². The van der Waals surface area contributed by atoms with E-state index in [2.05, 4.69) is 24.0 Å². The zero-order valence-electron chi connectivity index (χ0n) is 12.6. The molecule has 1 aliphatic heterocycles. The Morgan fingerprint density at radius 3 is 2.70 bits per heavy atom. The van der Waals surface area contributed by atoms with E-state index in [9.17, 15) is 4.79 Å². The monoisotopic (exact) mass is 275 g/mol. The topological polar surface area (TPSA) is 29.5 Å². The highest BCUT2D eigenvalue weighted by Crippen LogP contribution is 2.33. The summed E-state index contributed by atoms with van der Waals surface area (Å²) < 4.78 is 5.19. The number of rotatable bonds is 6. The molecule has 0 aliphatic carbocycles. The van der Waals surface area contributed by atoms with Gasteiger partial charge in [0.15, 0.2) is 0 Å². The highest BCUT2D eigenvalue weighted by molar-refractivity contribution is 5.77. The first kappa shape index (κ1) is 14.9. The van der Waals surface area contributed by atoms with Gasteiger partial charge in [-0.15, -0.1) is 0 Å². The van der Waals surface area contributed by atoms with Gasteiger partial charge in [0, 0.05) is 13.0 Å². The summed E-state index contributed by atoms with van der Waals surface area (Å²) in [6.45, 7) is 3.07. The molecule has 20 heavy (non-hydrogen) atoms. The number of hydrogen-bond acceptors (Lipinski definition) is 2. The van der Waals surface area contributed by atoms with Crippen molar-refractivity contribution in [2.75, 3.05) is 13.7 Å². The number of unbranched alkanes of at least 4 members (excludes halogenated alkanes) is 2. The molecule has 0 radical (unpaired) electrons. The molecule has 0 saturated carbocycles. The number of carbonyl (C=O) groups excluding carboxylic acids is 1. The number of amides is 1. The molecule has 1 aromatic rings. The Hall–Kier alpha value is -1.51. The van der Waals surface area contributed by atoms with Gasteiger partial charge in [-0.2, -0.15) is 0 Å². The van der Waals surface area contributed by atoms with Crippen LogP contribution in [0.3, 0.4) is 0 Å². The van der Waals surface area contributed by atoms with Crippen molar-refractivity contribution in [3.8, 4) is 5.75 Å². The van der Waals surface area contributed by atoms with E-state index >= 15 is 0 Å². The third-order valence-corrected chi connectivity index (χ3v) is 4.07. The zero-order chi connectivity index (χ0) is 14.4. The minimum Gasteiger partial charge on any atom is -0.497 e. The number of hydrogen-bond donors (Lipinski definition) is 0. The van der Waals surface area contributed by atoms with Crippen molar-refractivity contribution in [3.05, 3.63) is 29.8 Å². The summed E-state index contributed by atoms with van der Waals surface area (Å²) in [5, 5.41) is 0. The Morgan fingerprint density at radius 1 is 1.30 bits per heavy atom. The maximum atomic E-state index is 12.3. The van der Waals surface area contributed by atoms with E-state index in [0.717, 1.165) is 44.4 Å². The molecule has 0 N–H and O–H groups in total. The summed E-state index contributed by atoms with van der Waals surface area (Å²) in [5.41, 5.74) is 1.23. The van der Waals surface area contributed by atoms with Crippen LogP contribution in [0.15, 0.2) is 24.3 Å². The van der Waals surface area contributed by atoms with Crippen LogP contribution in [0.4, 0.5) is 0 Å². The van der Waals surface area contributed by atoms with Crippen molar-refractivity contribution in [1.29, 1.82) is 0 Å². The van der Waals surface area contributed by atoms with Crippen LogP contribution in [0.5, 0.6) is 5.75 Å². The lowest BCUT2D eigenvalue weighted by molar-refractivity contribution is -0.132. The van der Waals surface area contributed by atoms with E-state index in [1.54, 1.807) is 7.11 Å². The molecular formula is C17H25NO2. The van der Waals surface area contributed by atoms with Crippen LogP contribution >= 0.6 is 0 Å². The van der Waals surface area contributed by atoms with E-state index in [0.29, 0.717) is 12.3 Å². The predicted molar refractivity (Wildman–Crippen MR) is 80.8 cm³/mol. The largest absolute Gasteiger partial charge is 0.497 e. The molecule has 1 unspecified atom stereocenters. The second-order valence-corrected chi connectivity index (χ2v) is 5.48. The molecule has 1 amide bonds. The lowest BCUT2D eigenvalue weighted by atomic mass is 10.0. The van der Waals surface area contributed by atoms with Crippen molar-refractivity contribution in [3.63, 3.8) is 0 Å². The van der Waals surface area contributed by atoms with Gasteiger partial charge in [-0.1, -0.05) is 31.9 Å². The van der Waals surface area contributed by atoms with Gasteiger partial charge in [0.05, 0.1) is 13.2 Å². The van der Waals surface area contributed by atoms with E-state index in [1.807, 2.05) is 12.1 Å². The fourth-order valence-corrected chi connectivity index (χ4v) is 2.91. The zero-order valence-corrected chi connectivity index (χ0v) is 12.6. The van der Waals surface area contributed by atoms with Gasteiger partial charge in [-0.05, 0) is 37.0 Å². The molecule has 0 spiro atoms. The molecule has 0 aromatic heterocycles. The molecule has 2 rings (SSSR count). The molecular weight excluding hydrogens is 250 g/mol. The quantitative estimate of drug-likeness (QED) is 0.736. The Kier molecular flexibility index (Phi) is 5.45. The highest BCUT2D eigenvalue weighted by atomic mass is 16.5. The molecule has 1 aliphatic rings. The molecule has 1 saturated heterocycles. The number of nitrogens with zero attached hydrogens (tertiary/aromatic N) is 1. The first-order valence-electron chi connectivity index (χ1n) is 7.69. The first-order valence-corrected chi connectivity index (χ1v) is 7.69. The van der Waals surface area contributed by atoms with E-state index < -0.39 is 0 Å². The van der Waals surface area contributed by atoms with Crippen molar-refractivity contribution in [1.82, 2.24) is 4.90 Å². The molecule has 1 fully saturated rings. The van der Waals surface area contributed by atoms with Crippen LogP contribution in [0.1, 0.15) is 57.1 Å². The molecule has 1 aromatic carbocycles. The second kappa shape index (κ2) is 7.32. The van der Waals surface area contributed by atoms with Gasteiger partial charge < -0.3 is 9.64 Å². The van der Waals surface area contributed by atoms with Gasteiger partial charge in [-0.3, -0.25) is 4.79 Å². The van der Waals surface area contributed by atoms with Gasteiger partial charge >= 0.3 is 0 Å². The predicted octanol–water partition coefficient (Wildman–Crippen LogP) is 3.94. The number of methoxy groups -OCH3 is 1. The summed E-state index contributed by atoms with van der Waals surface area (Å²) in [6, 6.07) is 8.39. The lowest BCUT2D eigenvalue weighted by Gasteiger charge is -2.25. The van der Waals surface area contributed by atoms with Crippen LogP contribution in [-0.4, -0.2) is 24.5 Å². The number of benzene rings is 1. The van der Waals surface area contributed by atoms with E-state index in [-0.39, 0.29) is 6.04 Å². The van der Waals surface area contributed by atoms with Crippen LogP contribution < -0.4 is 4.74 Å². The lowest BCUT2D eigenvalue weighted by Crippen LogP contribution is -2.30. The van der Waals surface area contributed by atoms with Gasteiger partial charge in [0.25, 0.3) is 0 Å². The minimum absolute atomic E-state index is 0.259. The Morgan fingerprint density at radius 2 is 2.05 bits per heavy atom. The number of likely N-dealkylation sites (tertiary alicyclic amines) is 1. The Labute approximate surface area is 121 Å². The van der Waals surface area contributed by atoms with Gasteiger partial charge in [-0.25, -0.2) is 0 Å². The van der Waals surface area contributed by atoms with Crippen LogP contribution in [-0.2, 0) is 4.79 Å². The molecule has 1 heterocycles. The molecule has 110 valence electrons. The molecule has 3 heteroatoms. The van der Waals surface area contributed by atoms with Crippen LogP contribution in [0, 0.1) is 0 Å². The van der Waals surface area contributed by atoms with Crippen molar-refractivity contribution in [2.24, 2.45) is 0 Å². The average Bonchev–Trinajstić information content (AvgIpc) is 2.97. The fourth-order valence-electron chi connectivity index (χ4n) is 2.91. The fraction of sp³-hybridized carbons (Fsp3) is 0.588. The summed E-state index contributed by atoms with van der Waals surface area (Å²) in [7, 11) is 1.67. The number of carbonyl (C=O) groups is 1. The molecule has 0 bridgehead atoms. The highest BCUT2D eigenvalue weighted by Gasteiger charge is 2.29. The van der Waals surface area contributed by atoms with E-state index in [1.165, 1.54) is 5.56 Å². The summed E-state index contributed by atoms with van der Waals surface area (Å²) in [6.07, 6.45) is 6.20. The second-order valence-electron chi connectivity index (χ2n) is 5.48. The van der Waals surface area contributed by atoms with Crippen molar-refractivity contribution < 1.29 is 9.53 Å². The average molecular weight is 275 g/mol. The Balaban J connectivity index is 2.00. The summed E-state index contributed by atoms with van der Waals surface area (Å²) in [5.74, 6) is 1.18. The Bertz CT molecular complexity index is 427. The standard InChI is InChI=1S/C17H25NO2/c1-3-4-5-8-17(19)18-13-6-7-16(18)14-9-11-15(20-2)12-10-14/h9-12,16H,3-8,13H2,1-2H3. The third kappa shape index (κ3) is 3.53. The SMILES string of the molecule is CCCCCC(=O)N1CCCC1c1ccc(OC)cc1. The molecule has 1 atom stereocenters. The normalized spacial score (nSPS) is 18.3.